The van der Waals surface area contributed by atoms with E-state index < -0.39 is 62.7 Å². The number of allylic oxidation sites excluding steroid dienone is 1. The van der Waals surface area contributed by atoms with Gasteiger partial charge in [0.25, 0.3) is 0 Å². The first-order valence-electron chi connectivity index (χ1n) is 16.9. The monoisotopic (exact) mass is 670 g/mol. The van der Waals surface area contributed by atoms with E-state index in [9.17, 15) is 44.4 Å². The molecule has 4 atom stereocenters. The average molecular weight is 671 g/mol. The molecule has 0 aromatic heterocycles. The summed E-state index contributed by atoms with van der Waals surface area (Å²) in [6.07, 6.45) is 0.593. The fourth-order valence-electron chi connectivity index (χ4n) is 9.02. The molecule has 0 radical (unpaired) electrons. The number of carbonyl (C=O) groups is 5. The molecular formula is C40H46O9. The lowest BCUT2D eigenvalue weighted by atomic mass is 9.43. The molecule has 1 unspecified atom stereocenters. The highest BCUT2D eigenvalue weighted by molar-refractivity contribution is 6.24. The van der Waals surface area contributed by atoms with Gasteiger partial charge in [-0.1, -0.05) is 71.9 Å². The Morgan fingerprint density at radius 1 is 0.939 bits per heavy atom. The van der Waals surface area contributed by atoms with Crippen LogP contribution in [0.1, 0.15) is 112 Å². The molecule has 3 aliphatic carbocycles. The molecule has 0 heterocycles. The molecule has 9 nitrogen and oxygen atoms in total. The van der Waals surface area contributed by atoms with Crippen molar-refractivity contribution < 1.29 is 44.4 Å². The lowest BCUT2D eigenvalue weighted by molar-refractivity contribution is -0.178. The third-order valence-electron chi connectivity index (χ3n) is 11.2. The molecule has 260 valence electrons. The standard InChI is InChI=1S/C40H46O9/c1-19(2)27-16-25(13-14-26(43)15-23-9-11-24(12-10-23)21(5)41)33(44)30-28(27)17-38(7)18-39(8)31(20(3)4)34(45)29(22(6)42)36(47)40(39,49)37(48)32(38)35(30)46/h9-12,16,19-20,31,44,46-47,49H,13-15,17-18H2,1-8H3/t31?,38-,39-,40+/m1/s1. The van der Waals surface area contributed by atoms with Gasteiger partial charge in [-0.25, -0.2) is 0 Å². The number of aliphatic hydroxyl groups excluding tert-OH is 2. The smallest absolute Gasteiger partial charge is 0.203 e. The summed E-state index contributed by atoms with van der Waals surface area (Å²) in [5, 5.41) is 47.4. The Kier molecular flexibility index (Phi) is 8.94. The van der Waals surface area contributed by atoms with E-state index in [0.29, 0.717) is 16.7 Å². The highest BCUT2D eigenvalue weighted by Crippen LogP contribution is 2.65. The van der Waals surface area contributed by atoms with Crippen LogP contribution in [0.25, 0.3) is 5.76 Å². The molecule has 1 fully saturated rings. The number of rotatable bonds is 9. The first-order chi connectivity index (χ1) is 22.7. The second kappa shape index (κ2) is 12.2. The molecule has 49 heavy (non-hydrogen) atoms. The Morgan fingerprint density at radius 3 is 2.08 bits per heavy atom. The van der Waals surface area contributed by atoms with E-state index in [-0.39, 0.29) is 66.5 Å². The van der Waals surface area contributed by atoms with Crippen molar-refractivity contribution in [3.05, 3.63) is 80.6 Å². The van der Waals surface area contributed by atoms with Crippen LogP contribution in [0.15, 0.2) is 47.2 Å². The number of Topliss-reactive ketones (excluding diaryl/α,β-unsaturated/α-hetero) is 5. The number of fused-ring (bicyclic) bond motifs is 3. The summed E-state index contributed by atoms with van der Waals surface area (Å²) < 4.78 is 0. The molecule has 0 amide bonds. The van der Waals surface area contributed by atoms with Gasteiger partial charge in [-0.3, -0.25) is 24.0 Å². The van der Waals surface area contributed by atoms with Gasteiger partial charge in [-0.15, -0.1) is 0 Å². The average Bonchev–Trinajstić information content (AvgIpc) is 2.98. The summed E-state index contributed by atoms with van der Waals surface area (Å²) >= 11 is 0. The third-order valence-corrected chi connectivity index (χ3v) is 11.2. The second-order valence-corrected chi connectivity index (χ2v) is 15.4. The minimum atomic E-state index is -2.68. The van der Waals surface area contributed by atoms with Gasteiger partial charge in [0.1, 0.15) is 28.6 Å². The minimum Gasteiger partial charge on any atom is -0.508 e. The number of aliphatic hydroxyl groups is 3. The summed E-state index contributed by atoms with van der Waals surface area (Å²) in [6, 6.07) is 8.67. The van der Waals surface area contributed by atoms with E-state index in [1.165, 1.54) is 6.92 Å². The van der Waals surface area contributed by atoms with Crippen molar-refractivity contribution in [1.82, 2.24) is 0 Å². The van der Waals surface area contributed by atoms with Gasteiger partial charge in [-0.2, -0.15) is 0 Å². The number of aryl methyl sites for hydroxylation is 1. The van der Waals surface area contributed by atoms with Gasteiger partial charge in [0.05, 0.1) is 5.56 Å². The Bertz CT molecular complexity index is 1880. The second-order valence-electron chi connectivity index (χ2n) is 15.4. The van der Waals surface area contributed by atoms with Crippen molar-refractivity contribution in [3.8, 4) is 5.75 Å². The first kappa shape index (κ1) is 35.9. The summed E-state index contributed by atoms with van der Waals surface area (Å²) in [4.78, 5) is 65.6. The highest BCUT2D eigenvalue weighted by Gasteiger charge is 2.72. The molecule has 3 aliphatic rings. The normalized spacial score (nSPS) is 26.6. The van der Waals surface area contributed by atoms with Gasteiger partial charge < -0.3 is 20.4 Å². The number of phenols is 1. The Labute approximate surface area is 286 Å². The lowest BCUT2D eigenvalue weighted by Crippen LogP contribution is -2.69. The van der Waals surface area contributed by atoms with E-state index in [4.69, 9.17) is 0 Å². The largest absolute Gasteiger partial charge is 0.508 e. The van der Waals surface area contributed by atoms with Gasteiger partial charge in [0.15, 0.2) is 23.0 Å². The summed E-state index contributed by atoms with van der Waals surface area (Å²) in [5.74, 6) is -5.83. The van der Waals surface area contributed by atoms with Crippen LogP contribution < -0.4 is 0 Å². The maximum Gasteiger partial charge on any atom is 0.203 e. The van der Waals surface area contributed by atoms with Gasteiger partial charge in [0.2, 0.25) is 5.78 Å². The van der Waals surface area contributed by atoms with E-state index in [1.807, 2.05) is 19.9 Å². The number of ketones is 5. The van der Waals surface area contributed by atoms with Crippen LogP contribution in [0.3, 0.4) is 0 Å². The molecule has 1 saturated carbocycles. The number of phenolic OH excluding ortho intramolecular Hbond substituents is 1. The van der Waals surface area contributed by atoms with E-state index in [1.54, 1.807) is 52.0 Å². The SMILES string of the molecule is CC(=O)C1=C(O)[C@]2(O)C(=O)C3=C(O)c4c(O)c(CCC(=O)Cc5ccc(C(C)=O)cc5)cc(C(C)C)c4C[C@]3(C)C[C@]2(C)C(C(C)C)C1=O. The van der Waals surface area contributed by atoms with Crippen molar-refractivity contribution in [3.63, 3.8) is 0 Å². The zero-order valence-corrected chi connectivity index (χ0v) is 29.5. The number of aromatic hydroxyl groups is 1. The first-order valence-corrected chi connectivity index (χ1v) is 16.9. The molecule has 2 aromatic carbocycles. The van der Waals surface area contributed by atoms with Crippen LogP contribution >= 0.6 is 0 Å². The fraction of sp³-hybridized carbons (Fsp3) is 0.475. The van der Waals surface area contributed by atoms with Crippen molar-refractivity contribution in [2.24, 2.45) is 22.7 Å². The number of carbonyl (C=O) groups excluding carboxylic acids is 5. The maximum absolute atomic E-state index is 14.6. The molecule has 2 aromatic rings. The van der Waals surface area contributed by atoms with E-state index >= 15 is 0 Å². The van der Waals surface area contributed by atoms with Crippen molar-refractivity contribution in [2.45, 2.75) is 99.0 Å². The molecule has 4 N–H and O–H groups in total. The summed E-state index contributed by atoms with van der Waals surface area (Å²) in [7, 11) is 0. The number of benzene rings is 2. The van der Waals surface area contributed by atoms with Gasteiger partial charge >= 0.3 is 0 Å². The molecule has 9 heteroatoms. The van der Waals surface area contributed by atoms with E-state index in [2.05, 4.69) is 0 Å². The van der Waals surface area contributed by atoms with Crippen molar-refractivity contribution >= 4 is 34.7 Å². The topological polar surface area (TPSA) is 166 Å². The van der Waals surface area contributed by atoms with Crippen LogP contribution in [-0.4, -0.2) is 54.9 Å². The minimum absolute atomic E-state index is 0.0207. The molecule has 5 rings (SSSR count). The zero-order valence-electron chi connectivity index (χ0n) is 29.5. The van der Waals surface area contributed by atoms with Crippen LogP contribution in [0.5, 0.6) is 5.75 Å². The predicted octanol–water partition coefficient (Wildman–Crippen LogP) is 6.26. The maximum atomic E-state index is 14.6. The quantitative estimate of drug-likeness (QED) is 0.178. The number of hydrogen-bond acceptors (Lipinski definition) is 9. The number of hydrogen-bond donors (Lipinski definition) is 4. The Hall–Kier alpha value is -4.37. The lowest BCUT2D eigenvalue weighted by Gasteiger charge is -2.60. The molecule has 0 aliphatic heterocycles. The molecular weight excluding hydrogens is 624 g/mol. The Morgan fingerprint density at radius 2 is 1.55 bits per heavy atom. The van der Waals surface area contributed by atoms with Crippen molar-refractivity contribution in [1.29, 1.82) is 0 Å². The summed E-state index contributed by atoms with van der Waals surface area (Å²) in [6.45, 7) is 13.4. The molecule has 0 saturated heterocycles. The van der Waals surface area contributed by atoms with Crippen LogP contribution in [0.4, 0.5) is 0 Å². The van der Waals surface area contributed by atoms with Crippen LogP contribution in [0, 0.1) is 22.7 Å². The zero-order chi connectivity index (χ0) is 36.5. The summed E-state index contributed by atoms with van der Waals surface area (Å²) in [5.41, 5.74) is -2.89. The Balaban J connectivity index is 1.60. The van der Waals surface area contributed by atoms with Gasteiger partial charge in [0, 0.05) is 40.7 Å². The fourth-order valence-corrected chi connectivity index (χ4v) is 9.02. The highest BCUT2D eigenvalue weighted by atomic mass is 16.3. The van der Waals surface area contributed by atoms with Crippen molar-refractivity contribution in [2.75, 3.05) is 0 Å². The van der Waals surface area contributed by atoms with Crippen LogP contribution in [-0.2, 0) is 38.4 Å². The third kappa shape index (κ3) is 5.37. The predicted molar refractivity (Wildman–Crippen MR) is 183 cm³/mol. The van der Waals surface area contributed by atoms with E-state index in [0.717, 1.165) is 18.1 Å². The van der Waals surface area contributed by atoms with Gasteiger partial charge in [-0.05, 0) is 67.2 Å². The van der Waals surface area contributed by atoms with Crippen LogP contribution in [0.2, 0.25) is 0 Å². The molecule has 0 bridgehead atoms. The molecule has 0 spiro atoms.